The van der Waals surface area contributed by atoms with E-state index in [4.69, 9.17) is 0 Å². The van der Waals surface area contributed by atoms with Crippen LogP contribution in [0.4, 0.5) is 5.69 Å². The molecule has 124 valence electrons. The standard InChI is InChI=1S/C17H25N5O/c1-4-16(23)21-9-7-13(8-10-21)17-19-15-6-5-14(18-12(2)3)11-22(15)20-17/h5-6,11-13,18H,4,7-10H2,1-3H3. The first kappa shape index (κ1) is 15.8. The van der Waals surface area contributed by atoms with Crippen molar-refractivity contribution < 1.29 is 4.79 Å². The van der Waals surface area contributed by atoms with Crippen LogP contribution >= 0.6 is 0 Å². The van der Waals surface area contributed by atoms with Crippen molar-refractivity contribution in [3.63, 3.8) is 0 Å². The summed E-state index contributed by atoms with van der Waals surface area (Å²) in [6.45, 7) is 7.77. The third kappa shape index (κ3) is 3.46. The highest BCUT2D eigenvalue weighted by atomic mass is 16.2. The van der Waals surface area contributed by atoms with Crippen LogP contribution in [-0.2, 0) is 4.79 Å². The zero-order valence-electron chi connectivity index (χ0n) is 14.1. The van der Waals surface area contributed by atoms with Gasteiger partial charge in [-0.3, -0.25) is 4.79 Å². The van der Waals surface area contributed by atoms with E-state index >= 15 is 0 Å². The molecule has 3 heterocycles. The molecule has 0 spiro atoms. The van der Waals surface area contributed by atoms with E-state index in [2.05, 4.69) is 29.2 Å². The molecule has 3 rings (SSSR count). The van der Waals surface area contributed by atoms with Crippen LogP contribution < -0.4 is 5.32 Å². The Morgan fingerprint density at radius 3 is 2.74 bits per heavy atom. The SMILES string of the molecule is CCC(=O)N1CCC(c2nc3ccc(NC(C)C)cn3n2)CC1. The number of nitrogens with one attached hydrogen (secondary N) is 1. The van der Waals surface area contributed by atoms with Gasteiger partial charge in [-0.05, 0) is 38.8 Å². The maximum atomic E-state index is 11.8. The Balaban J connectivity index is 1.72. The van der Waals surface area contributed by atoms with Crippen LogP contribution in [0.3, 0.4) is 0 Å². The minimum atomic E-state index is 0.246. The molecule has 0 atom stereocenters. The summed E-state index contributed by atoms with van der Waals surface area (Å²) in [6.07, 6.45) is 4.46. The van der Waals surface area contributed by atoms with Crippen molar-refractivity contribution in [2.75, 3.05) is 18.4 Å². The van der Waals surface area contributed by atoms with Crippen molar-refractivity contribution >= 4 is 17.2 Å². The van der Waals surface area contributed by atoms with Gasteiger partial charge in [0.15, 0.2) is 11.5 Å². The Labute approximate surface area is 136 Å². The molecule has 0 bridgehead atoms. The van der Waals surface area contributed by atoms with Crippen LogP contribution in [-0.4, -0.2) is 44.5 Å². The average Bonchev–Trinajstić information content (AvgIpc) is 2.97. The Bertz CT molecular complexity index is 685. The molecule has 0 radical (unpaired) electrons. The molecule has 2 aromatic heterocycles. The summed E-state index contributed by atoms with van der Waals surface area (Å²) >= 11 is 0. The summed E-state index contributed by atoms with van der Waals surface area (Å²) in [5.41, 5.74) is 1.92. The molecule has 6 heteroatoms. The fourth-order valence-electron chi connectivity index (χ4n) is 3.10. The number of hydrogen-bond acceptors (Lipinski definition) is 4. The smallest absolute Gasteiger partial charge is 0.222 e. The molecule has 0 aliphatic carbocycles. The van der Waals surface area contributed by atoms with E-state index in [1.54, 1.807) is 0 Å². The van der Waals surface area contributed by atoms with Gasteiger partial charge in [-0.2, -0.15) is 5.10 Å². The lowest BCUT2D eigenvalue weighted by atomic mass is 9.96. The number of nitrogens with zero attached hydrogens (tertiary/aromatic N) is 4. The van der Waals surface area contributed by atoms with Crippen LogP contribution in [0, 0.1) is 0 Å². The molecule has 1 amide bonds. The third-order valence-electron chi connectivity index (χ3n) is 4.32. The second-order valence-corrected chi connectivity index (χ2v) is 6.50. The summed E-state index contributed by atoms with van der Waals surface area (Å²) in [7, 11) is 0. The largest absolute Gasteiger partial charge is 0.382 e. The second-order valence-electron chi connectivity index (χ2n) is 6.50. The molecular formula is C17H25N5O. The van der Waals surface area contributed by atoms with Crippen molar-refractivity contribution in [1.29, 1.82) is 0 Å². The lowest BCUT2D eigenvalue weighted by Crippen LogP contribution is -2.37. The van der Waals surface area contributed by atoms with Crippen molar-refractivity contribution in [3.05, 3.63) is 24.2 Å². The Morgan fingerprint density at radius 1 is 1.35 bits per heavy atom. The highest BCUT2D eigenvalue weighted by Gasteiger charge is 2.25. The van der Waals surface area contributed by atoms with Gasteiger partial charge in [-0.15, -0.1) is 0 Å². The van der Waals surface area contributed by atoms with Gasteiger partial charge < -0.3 is 10.2 Å². The second kappa shape index (κ2) is 6.56. The number of carbonyl (C=O) groups excluding carboxylic acids is 1. The molecule has 23 heavy (non-hydrogen) atoms. The Kier molecular flexibility index (Phi) is 4.50. The van der Waals surface area contributed by atoms with Crippen LogP contribution in [0.1, 0.15) is 51.8 Å². The van der Waals surface area contributed by atoms with E-state index in [-0.39, 0.29) is 5.91 Å². The molecule has 0 unspecified atom stereocenters. The van der Waals surface area contributed by atoms with Crippen molar-refractivity contribution in [2.45, 2.75) is 52.0 Å². The van der Waals surface area contributed by atoms with Gasteiger partial charge in [0, 0.05) is 31.5 Å². The summed E-state index contributed by atoms with van der Waals surface area (Å²) in [5, 5.41) is 8.03. The molecule has 1 aliphatic rings. The number of aromatic nitrogens is 3. The van der Waals surface area contributed by atoms with Crippen LogP contribution in [0.5, 0.6) is 0 Å². The summed E-state index contributed by atoms with van der Waals surface area (Å²) < 4.78 is 1.85. The molecule has 6 nitrogen and oxygen atoms in total. The topological polar surface area (TPSA) is 62.5 Å². The Hall–Kier alpha value is -2.11. The predicted molar refractivity (Wildman–Crippen MR) is 90.6 cm³/mol. The van der Waals surface area contributed by atoms with Gasteiger partial charge in [-0.1, -0.05) is 6.92 Å². The molecule has 1 fully saturated rings. The van der Waals surface area contributed by atoms with Gasteiger partial charge in [0.2, 0.25) is 5.91 Å². The summed E-state index contributed by atoms with van der Waals surface area (Å²) in [4.78, 5) is 18.4. The van der Waals surface area contributed by atoms with E-state index in [1.807, 2.05) is 34.7 Å². The first-order chi connectivity index (χ1) is 11.1. The Morgan fingerprint density at radius 2 is 2.09 bits per heavy atom. The lowest BCUT2D eigenvalue weighted by Gasteiger charge is -2.30. The van der Waals surface area contributed by atoms with E-state index in [0.29, 0.717) is 18.4 Å². The van der Waals surface area contributed by atoms with Gasteiger partial charge in [0.25, 0.3) is 0 Å². The van der Waals surface area contributed by atoms with Crippen molar-refractivity contribution in [1.82, 2.24) is 19.5 Å². The lowest BCUT2D eigenvalue weighted by molar-refractivity contribution is -0.131. The van der Waals surface area contributed by atoms with Crippen molar-refractivity contribution in [3.8, 4) is 0 Å². The van der Waals surface area contributed by atoms with E-state index < -0.39 is 0 Å². The quantitative estimate of drug-likeness (QED) is 0.942. The number of piperidine rings is 1. The number of hydrogen-bond donors (Lipinski definition) is 1. The number of pyridine rings is 1. The number of likely N-dealkylation sites (tertiary alicyclic amines) is 1. The number of anilines is 1. The maximum Gasteiger partial charge on any atom is 0.222 e. The minimum absolute atomic E-state index is 0.246. The van der Waals surface area contributed by atoms with Gasteiger partial charge in [0.1, 0.15) is 0 Å². The molecule has 0 saturated carbocycles. The van der Waals surface area contributed by atoms with Crippen LogP contribution in [0.2, 0.25) is 0 Å². The number of fused-ring (bicyclic) bond motifs is 1. The first-order valence-corrected chi connectivity index (χ1v) is 8.47. The third-order valence-corrected chi connectivity index (χ3v) is 4.32. The summed E-state index contributed by atoms with van der Waals surface area (Å²) in [6, 6.07) is 4.42. The normalized spacial score (nSPS) is 16.3. The highest BCUT2D eigenvalue weighted by molar-refractivity contribution is 5.75. The van der Waals surface area contributed by atoms with Crippen LogP contribution in [0.15, 0.2) is 18.3 Å². The predicted octanol–water partition coefficient (Wildman–Crippen LogP) is 2.67. The zero-order valence-corrected chi connectivity index (χ0v) is 14.1. The van der Waals surface area contributed by atoms with Gasteiger partial charge in [0.05, 0.1) is 11.9 Å². The first-order valence-electron chi connectivity index (χ1n) is 8.47. The van der Waals surface area contributed by atoms with Gasteiger partial charge >= 0.3 is 0 Å². The fraction of sp³-hybridized carbons (Fsp3) is 0.588. The van der Waals surface area contributed by atoms with Crippen molar-refractivity contribution in [2.24, 2.45) is 0 Å². The molecule has 1 saturated heterocycles. The maximum absolute atomic E-state index is 11.8. The molecule has 1 aliphatic heterocycles. The average molecular weight is 315 g/mol. The monoisotopic (exact) mass is 315 g/mol. The van der Waals surface area contributed by atoms with Gasteiger partial charge in [-0.25, -0.2) is 9.50 Å². The van der Waals surface area contributed by atoms with E-state index in [0.717, 1.165) is 43.1 Å². The fourth-order valence-corrected chi connectivity index (χ4v) is 3.10. The van der Waals surface area contributed by atoms with E-state index in [9.17, 15) is 4.79 Å². The number of rotatable bonds is 4. The van der Waals surface area contributed by atoms with E-state index in [1.165, 1.54) is 0 Å². The molecule has 0 aromatic carbocycles. The number of carbonyl (C=O) groups is 1. The van der Waals surface area contributed by atoms with Crippen LogP contribution in [0.25, 0.3) is 5.65 Å². The molecular weight excluding hydrogens is 290 g/mol. The zero-order chi connectivity index (χ0) is 16.4. The molecule has 2 aromatic rings. The summed E-state index contributed by atoms with van der Waals surface area (Å²) in [5.74, 6) is 1.49. The minimum Gasteiger partial charge on any atom is -0.382 e. The highest BCUT2D eigenvalue weighted by Crippen LogP contribution is 2.26. The molecule has 1 N–H and O–H groups in total. The number of amides is 1.